The molecule has 0 aromatic rings. The van der Waals surface area contributed by atoms with Crippen molar-refractivity contribution in [3.63, 3.8) is 0 Å². The van der Waals surface area contributed by atoms with E-state index in [0.29, 0.717) is 13.1 Å². The van der Waals surface area contributed by atoms with Gasteiger partial charge in [0, 0.05) is 13.1 Å². The molecule has 102 valence electrons. The van der Waals surface area contributed by atoms with Gasteiger partial charge in [-0.25, -0.2) is 13.1 Å². The number of carbonyl (C=O) groups is 1. The zero-order valence-electron chi connectivity index (χ0n) is 10.7. The summed E-state index contributed by atoms with van der Waals surface area (Å²) in [4.78, 5) is 13.7. The Morgan fingerprint density at radius 2 is 1.83 bits per heavy atom. The third-order valence-corrected chi connectivity index (χ3v) is 4.74. The summed E-state index contributed by atoms with van der Waals surface area (Å²) in [5.41, 5.74) is 0. The fraction of sp³-hybridized carbons (Fsp3) is 0.818. The van der Waals surface area contributed by atoms with Crippen LogP contribution in [0.1, 0.15) is 33.1 Å². The highest BCUT2D eigenvalue weighted by Crippen LogP contribution is 2.10. The first-order chi connectivity index (χ1) is 8.38. The standard InChI is InChI=1S/C11H19N3O3S/c1-9(8-12)18(16,17)13-10(2)11(15)14-6-4-3-5-7-14/h9-10,13H,3-7H2,1-2H3. The number of carbonyl (C=O) groups excluding carboxylic acids is 1. The van der Waals surface area contributed by atoms with Crippen molar-refractivity contribution >= 4 is 15.9 Å². The number of piperidine rings is 1. The minimum Gasteiger partial charge on any atom is -0.341 e. The van der Waals surface area contributed by atoms with E-state index in [1.54, 1.807) is 11.0 Å². The van der Waals surface area contributed by atoms with Crippen molar-refractivity contribution in [2.75, 3.05) is 13.1 Å². The second-order valence-electron chi connectivity index (χ2n) is 4.54. The SMILES string of the molecule is CC(NS(=O)(=O)C(C)C#N)C(=O)N1CCCCC1. The number of nitrogens with one attached hydrogen (secondary N) is 1. The van der Waals surface area contributed by atoms with Crippen LogP contribution in [-0.2, 0) is 14.8 Å². The van der Waals surface area contributed by atoms with E-state index >= 15 is 0 Å². The number of nitriles is 1. The molecule has 1 N–H and O–H groups in total. The smallest absolute Gasteiger partial charge is 0.240 e. The van der Waals surface area contributed by atoms with Crippen LogP contribution in [0.3, 0.4) is 0 Å². The van der Waals surface area contributed by atoms with Gasteiger partial charge in [-0.2, -0.15) is 5.26 Å². The van der Waals surface area contributed by atoms with Crippen molar-refractivity contribution in [3.8, 4) is 6.07 Å². The summed E-state index contributed by atoms with van der Waals surface area (Å²) in [6.07, 6.45) is 3.02. The van der Waals surface area contributed by atoms with E-state index in [4.69, 9.17) is 5.26 Å². The lowest BCUT2D eigenvalue weighted by molar-refractivity contribution is -0.133. The summed E-state index contributed by atoms with van der Waals surface area (Å²) < 4.78 is 25.6. The van der Waals surface area contributed by atoms with Gasteiger partial charge >= 0.3 is 0 Å². The largest absolute Gasteiger partial charge is 0.341 e. The molecule has 1 fully saturated rings. The summed E-state index contributed by atoms with van der Waals surface area (Å²) in [5, 5.41) is 7.45. The molecule has 0 aromatic heterocycles. The molecular formula is C11H19N3O3S. The number of likely N-dealkylation sites (tertiary alicyclic amines) is 1. The molecule has 2 unspecified atom stereocenters. The van der Waals surface area contributed by atoms with E-state index in [0.717, 1.165) is 19.3 Å². The quantitative estimate of drug-likeness (QED) is 0.793. The number of amides is 1. The Bertz CT molecular complexity index is 435. The minimum absolute atomic E-state index is 0.219. The molecule has 1 rings (SSSR count). The Morgan fingerprint density at radius 3 is 2.33 bits per heavy atom. The number of hydrogen-bond donors (Lipinski definition) is 1. The van der Waals surface area contributed by atoms with E-state index in [2.05, 4.69) is 4.72 Å². The van der Waals surface area contributed by atoms with Crippen LogP contribution in [0, 0.1) is 11.3 Å². The van der Waals surface area contributed by atoms with Gasteiger partial charge in [-0.1, -0.05) is 0 Å². The summed E-state index contributed by atoms with van der Waals surface area (Å²) in [6, 6.07) is 0.838. The normalized spacial score (nSPS) is 19.9. The maximum atomic E-state index is 12.0. The fourth-order valence-corrected chi connectivity index (χ4v) is 2.79. The number of sulfonamides is 1. The van der Waals surface area contributed by atoms with Crippen molar-refractivity contribution in [2.45, 2.75) is 44.4 Å². The van der Waals surface area contributed by atoms with Crippen LogP contribution in [0.25, 0.3) is 0 Å². The number of nitrogens with zero attached hydrogens (tertiary/aromatic N) is 2. The molecule has 1 heterocycles. The predicted molar refractivity (Wildman–Crippen MR) is 67.0 cm³/mol. The van der Waals surface area contributed by atoms with Gasteiger partial charge in [0.2, 0.25) is 15.9 Å². The molecule has 0 spiro atoms. The predicted octanol–water partition coefficient (Wildman–Crippen LogP) is 0.219. The Morgan fingerprint density at radius 1 is 1.28 bits per heavy atom. The maximum Gasteiger partial charge on any atom is 0.240 e. The summed E-state index contributed by atoms with van der Waals surface area (Å²) in [5.74, 6) is -0.219. The van der Waals surface area contributed by atoms with Crippen LogP contribution in [0.4, 0.5) is 0 Å². The zero-order chi connectivity index (χ0) is 13.8. The lowest BCUT2D eigenvalue weighted by Gasteiger charge is -2.29. The third-order valence-electron chi connectivity index (χ3n) is 3.03. The Hall–Kier alpha value is -1.13. The van der Waals surface area contributed by atoms with Crippen LogP contribution in [-0.4, -0.2) is 43.6 Å². The fourth-order valence-electron chi connectivity index (χ4n) is 1.86. The maximum absolute atomic E-state index is 12.0. The van der Waals surface area contributed by atoms with E-state index in [1.165, 1.54) is 13.8 Å². The monoisotopic (exact) mass is 273 g/mol. The first-order valence-electron chi connectivity index (χ1n) is 6.08. The van der Waals surface area contributed by atoms with Crippen molar-refractivity contribution in [1.82, 2.24) is 9.62 Å². The first kappa shape index (κ1) is 14.9. The van der Waals surface area contributed by atoms with Gasteiger partial charge in [0.1, 0.15) is 0 Å². The van der Waals surface area contributed by atoms with Crippen LogP contribution in [0.15, 0.2) is 0 Å². The highest BCUT2D eigenvalue weighted by molar-refractivity contribution is 7.90. The molecule has 1 aliphatic rings. The van der Waals surface area contributed by atoms with E-state index < -0.39 is 21.3 Å². The molecule has 0 aromatic carbocycles. The van der Waals surface area contributed by atoms with E-state index in [1.807, 2.05) is 0 Å². The van der Waals surface area contributed by atoms with Gasteiger partial charge in [-0.3, -0.25) is 4.79 Å². The molecule has 7 heteroatoms. The Balaban J connectivity index is 2.62. The molecule has 0 radical (unpaired) electrons. The number of rotatable bonds is 4. The average molecular weight is 273 g/mol. The summed E-state index contributed by atoms with van der Waals surface area (Å²) in [6.45, 7) is 4.16. The van der Waals surface area contributed by atoms with Gasteiger partial charge in [0.05, 0.1) is 12.1 Å². The molecule has 0 bridgehead atoms. The van der Waals surface area contributed by atoms with Gasteiger partial charge in [0.25, 0.3) is 0 Å². The lowest BCUT2D eigenvalue weighted by Crippen LogP contribution is -2.49. The molecule has 1 saturated heterocycles. The second kappa shape index (κ2) is 6.16. The first-order valence-corrected chi connectivity index (χ1v) is 7.62. The lowest BCUT2D eigenvalue weighted by atomic mass is 10.1. The van der Waals surface area contributed by atoms with Gasteiger partial charge in [-0.05, 0) is 33.1 Å². The van der Waals surface area contributed by atoms with Crippen molar-refractivity contribution in [3.05, 3.63) is 0 Å². The van der Waals surface area contributed by atoms with Gasteiger partial charge in [0.15, 0.2) is 5.25 Å². The third kappa shape index (κ3) is 3.68. The van der Waals surface area contributed by atoms with Crippen molar-refractivity contribution in [1.29, 1.82) is 5.26 Å². The number of hydrogen-bond acceptors (Lipinski definition) is 4. The Kier molecular flexibility index (Phi) is 5.11. The Labute approximate surface area is 108 Å². The summed E-state index contributed by atoms with van der Waals surface area (Å²) >= 11 is 0. The van der Waals surface area contributed by atoms with Crippen molar-refractivity contribution < 1.29 is 13.2 Å². The molecular weight excluding hydrogens is 254 g/mol. The van der Waals surface area contributed by atoms with E-state index in [-0.39, 0.29) is 5.91 Å². The zero-order valence-corrected chi connectivity index (χ0v) is 11.5. The molecule has 18 heavy (non-hydrogen) atoms. The molecule has 6 nitrogen and oxygen atoms in total. The average Bonchev–Trinajstić information content (AvgIpc) is 2.37. The van der Waals surface area contributed by atoms with Crippen LogP contribution in [0.2, 0.25) is 0 Å². The second-order valence-corrected chi connectivity index (χ2v) is 6.57. The molecule has 0 saturated carbocycles. The topological polar surface area (TPSA) is 90.3 Å². The minimum atomic E-state index is -3.75. The summed E-state index contributed by atoms with van der Waals surface area (Å²) in [7, 11) is -3.75. The highest BCUT2D eigenvalue weighted by Gasteiger charge is 2.28. The molecule has 2 atom stereocenters. The van der Waals surface area contributed by atoms with Crippen molar-refractivity contribution in [2.24, 2.45) is 0 Å². The van der Waals surface area contributed by atoms with E-state index in [9.17, 15) is 13.2 Å². The molecule has 0 aliphatic carbocycles. The molecule has 1 amide bonds. The van der Waals surface area contributed by atoms with Crippen LogP contribution < -0.4 is 4.72 Å². The molecule has 1 aliphatic heterocycles. The highest BCUT2D eigenvalue weighted by atomic mass is 32.2. The van der Waals surface area contributed by atoms with Crippen LogP contribution >= 0.6 is 0 Å². The van der Waals surface area contributed by atoms with Gasteiger partial charge in [-0.15, -0.1) is 0 Å². The van der Waals surface area contributed by atoms with Gasteiger partial charge < -0.3 is 4.90 Å². The van der Waals surface area contributed by atoms with Crippen LogP contribution in [0.5, 0.6) is 0 Å².